The molecule has 0 aliphatic carbocycles. The summed E-state index contributed by atoms with van der Waals surface area (Å²) in [6.07, 6.45) is 1.40. The van der Waals surface area contributed by atoms with Crippen LogP contribution in [0.3, 0.4) is 0 Å². The number of anilines is 1. The number of benzene rings is 1. The van der Waals surface area contributed by atoms with Gasteiger partial charge in [-0.2, -0.15) is 9.94 Å². The molecular weight excluding hydrogens is 449 g/mol. The summed E-state index contributed by atoms with van der Waals surface area (Å²) in [4.78, 5) is 39.6. The predicted molar refractivity (Wildman–Crippen MR) is 112 cm³/mol. The van der Waals surface area contributed by atoms with E-state index in [-0.39, 0.29) is 32.9 Å². The van der Waals surface area contributed by atoms with Gasteiger partial charge in [-0.05, 0) is 25.0 Å². The van der Waals surface area contributed by atoms with Crippen molar-refractivity contribution in [1.29, 1.82) is 5.26 Å². The second-order valence-electron chi connectivity index (χ2n) is 6.68. The summed E-state index contributed by atoms with van der Waals surface area (Å²) in [5.74, 6) is 0.172. The minimum Gasteiger partial charge on any atom is -0.433 e. The Kier molecular flexibility index (Phi) is 5.26. The summed E-state index contributed by atoms with van der Waals surface area (Å²) >= 11 is 12.7. The highest BCUT2D eigenvalue weighted by Gasteiger charge is 2.25. The normalized spacial score (nSPS) is 12.9. The summed E-state index contributed by atoms with van der Waals surface area (Å²) in [5.41, 5.74) is -1.37. The predicted octanol–water partition coefficient (Wildman–Crippen LogP) is 1.36. The van der Waals surface area contributed by atoms with Crippen LogP contribution < -0.4 is 26.4 Å². The first kappa shape index (κ1) is 20.6. The standard InChI is InChI=1S/C18H13Cl2N7O4/c1-26-4-2-3-9-13(26)17(24-23-15(9)28)31-14-10(19)5-8(6-11(14)20)27-18(30)22-16(29)12(7-21)25-27/h5-6H,2-4H2,1H3,(H,23,28)(H,22,29,30). The molecule has 158 valence electrons. The number of nitriles is 1. The van der Waals surface area contributed by atoms with E-state index < -0.39 is 16.9 Å². The smallest absolute Gasteiger partial charge is 0.349 e. The number of rotatable bonds is 3. The molecule has 11 nitrogen and oxygen atoms in total. The van der Waals surface area contributed by atoms with Crippen molar-refractivity contribution in [2.45, 2.75) is 12.8 Å². The van der Waals surface area contributed by atoms with E-state index in [9.17, 15) is 14.4 Å². The maximum absolute atomic E-state index is 12.1. The van der Waals surface area contributed by atoms with Crippen LogP contribution in [0.5, 0.6) is 11.6 Å². The number of ether oxygens (including phenoxy) is 1. The molecule has 3 aromatic rings. The largest absolute Gasteiger partial charge is 0.433 e. The van der Waals surface area contributed by atoms with Crippen LogP contribution in [0.25, 0.3) is 5.69 Å². The van der Waals surface area contributed by atoms with Crippen LogP contribution in [0, 0.1) is 11.3 Å². The quantitative estimate of drug-likeness (QED) is 0.593. The summed E-state index contributed by atoms with van der Waals surface area (Å²) < 4.78 is 6.63. The van der Waals surface area contributed by atoms with E-state index in [2.05, 4.69) is 15.3 Å². The summed E-state index contributed by atoms with van der Waals surface area (Å²) in [6.45, 7) is 0.719. The molecule has 1 aliphatic rings. The number of H-pyrrole nitrogens is 2. The van der Waals surface area contributed by atoms with Crippen molar-refractivity contribution in [2.24, 2.45) is 0 Å². The van der Waals surface area contributed by atoms with Crippen LogP contribution >= 0.6 is 23.2 Å². The lowest BCUT2D eigenvalue weighted by atomic mass is 10.1. The molecule has 0 unspecified atom stereocenters. The molecular formula is C18H13Cl2N7O4. The Labute approximate surface area is 183 Å². The van der Waals surface area contributed by atoms with Gasteiger partial charge in [0.05, 0.1) is 15.7 Å². The van der Waals surface area contributed by atoms with E-state index in [0.717, 1.165) is 17.6 Å². The molecule has 3 heterocycles. The second kappa shape index (κ2) is 7.90. The number of fused-ring (bicyclic) bond motifs is 1. The number of nitrogens with zero attached hydrogens (tertiary/aromatic N) is 5. The Morgan fingerprint density at radius 3 is 2.58 bits per heavy atom. The Bertz CT molecular complexity index is 1400. The monoisotopic (exact) mass is 461 g/mol. The minimum absolute atomic E-state index is 0.0149. The molecule has 0 bridgehead atoms. The zero-order valence-corrected chi connectivity index (χ0v) is 17.4. The molecule has 1 aliphatic heterocycles. The highest BCUT2D eigenvalue weighted by atomic mass is 35.5. The van der Waals surface area contributed by atoms with Gasteiger partial charge in [0, 0.05) is 19.2 Å². The molecule has 2 aromatic heterocycles. The van der Waals surface area contributed by atoms with Crippen LogP contribution in [0.4, 0.5) is 5.69 Å². The number of hydrogen-bond acceptors (Lipinski definition) is 8. The Morgan fingerprint density at radius 1 is 1.19 bits per heavy atom. The SMILES string of the molecule is CN1CCCc2c1c(Oc1c(Cl)cc(-n3nc(C#N)c(=O)[nH]c3=O)cc1Cl)n[nH]c2=O. The van der Waals surface area contributed by atoms with Gasteiger partial charge < -0.3 is 9.64 Å². The van der Waals surface area contributed by atoms with Crippen LogP contribution in [-0.2, 0) is 6.42 Å². The van der Waals surface area contributed by atoms with Crippen molar-refractivity contribution in [3.8, 4) is 23.4 Å². The number of hydrogen-bond donors (Lipinski definition) is 2. The first-order valence-corrected chi connectivity index (χ1v) is 9.69. The molecule has 31 heavy (non-hydrogen) atoms. The van der Waals surface area contributed by atoms with Gasteiger partial charge in [-0.15, -0.1) is 10.2 Å². The molecule has 2 N–H and O–H groups in total. The maximum atomic E-state index is 12.1. The van der Waals surface area contributed by atoms with Gasteiger partial charge >= 0.3 is 5.69 Å². The van der Waals surface area contributed by atoms with Crippen molar-refractivity contribution in [3.63, 3.8) is 0 Å². The van der Waals surface area contributed by atoms with E-state index >= 15 is 0 Å². The Hall–Kier alpha value is -3.62. The van der Waals surface area contributed by atoms with E-state index in [1.54, 1.807) is 6.07 Å². The molecule has 1 aromatic carbocycles. The fourth-order valence-electron chi connectivity index (χ4n) is 3.27. The molecule has 4 rings (SSSR count). The van der Waals surface area contributed by atoms with Crippen molar-refractivity contribution in [1.82, 2.24) is 25.0 Å². The fourth-order valence-corrected chi connectivity index (χ4v) is 3.82. The van der Waals surface area contributed by atoms with Gasteiger partial charge in [0.15, 0.2) is 5.75 Å². The third-order valence-electron chi connectivity index (χ3n) is 4.68. The fraction of sp³-hybridized carbons (Fsp3) is 0.222. The first-order valence-electron chi connectivity index (χ1n) is 8.94. The zero-order valence-electron chi connectivity index (χ0n) is 15.9. The lowest BCUT2D eigenvalue weighted by Crippen LogP contribution is -2.33. The van der Waals surface area contributed by atoms with Gasteiger partial charge in [-0.25, -0.2) is 9.89 Å². The highest BCUT2D eigenvalue weighted by Crippen LogP contribution is 2.41. The van der Waals surface area contributed by atoms with Crippen molar-refractivity contribution in [2.75, 3.05) is 18.5 Å². The zero-order chi connectivity index (χ0) is 22.3. The van der Waals surface area contributed by atoms with Gasteiger partial charge in [-0.1, -0.05) is 23.2 Å². The number of halogens is 2. The Morgan fingerprint density at radius 2 is 1.90 bits per heavy atom. The van der Waals surface area contributed by atoms with Gasteiger partial charge in [0.25, 0.3) is 17.0 Å². The Balaban J connectivity index is 1.79. The van der Waals surface area contributed by atoms with E-state index in [1.165, 1.54) is 12.1 Å². The van der Waals surface area contributed by atoms with Crippen LogP contribution in [0.2, 0.25) is 10.0 Å². The lowest BCUT2D eigenvalue weighted by Gasteiger charge is -2.27. The van der Waals surface area contributed by atoms with E-state index in [0.29, 0.717) is 17.7 Å². The van der Waals surface area contributed by atoms with Crippen LogP contribution in [-0.4, -0.2) is 38.6 Å². The molecule has 0 spiro atoms. The molecule has 0 fully saturated rings. The molecule has 13 heteroatoms. The van der Waals surface area contributed by atoms with Crippen LogP contribution in [0.1, 0.15) is 17.7 Å². The maximum Gasteiger partial charge on any atom is 0.349 e. The average molecular weight is 462 g/mol. The summed E-state index contributed by atoms with van der Waals surface area (Å²) in [5, 5.41) is 19.1. The third kappa shape index (κ3) is 3.67. The van der Waals surface area contributed by atoms with Gasteiger partial charge in [0.1, 0.15) is 11.8 Å². The molecule has 0 atom stereocenters. The molecule has 0 saturated heterocycles. The molecule has 0 radical (unpaired) electrons. The van der Waals surface area contributed by atoms with E-state index in [4.69, 9.17) is 33.2 Å². The number of aromatic nitrogens is 5. The van der Waals surface area contributed by atoms with Crippen molar-refractivity contribution in [3.05, 3.63) is 64.6 Å². The highest BCUT2D eigenvalue weighted by molar-refractivity contribution is 6.37. The van der Waals surface area contributed by atoms with Gasteiger partial charge in [0.2, 0.25) is 5.69 Å². The minimum atomic E-state index is -0.904. The second-order valence-corrected chi connectivity index (χ2v) is 7.50. The average Bonchev–Trinajstić information content (AvgIpc) is 2.72. The summed E-state index contributed by atoms with van der Waals surface area (Å²) in [7, 11) is 1.82. The van der Waals surface area contributed by atoms with Crippen LogP contribution in [0.15, 0.2) is 26.5 Å². The van der Waals surface area contributed by atoms with Crippen molar-refractivity contribution >= 4 is 28.9 Å². The molecule has 0 amide bonds. The van der Waals surface area contributed by atoms with E-state index in [1.807, 2.05) is 16.9 Å². The first-order chi connectivity index (χ1) is 14.8. The number of nitrogens with one attached hydrogen (secondary N) is 2. The topological polar surface area (TPSA) is 150 Å². The summed E-state index contributed by atoms with van der Waals surface area (Å²) in [6, 6.07) is 4.26. The third-order valence-corrected chi connectivity index (χ3v) is 5.25. The lowest BCUT2D eigenvalue weighted by molar-refractivity contribution is 0.450. The molecule has 0 saturated carbocycles. The van der Waals surface area contributed by atoms with Gasteiger partial charge in [-0.3, -0.25) is 14.6 Å². The number of aromatic amines is 2. The van der Waals surface area contributed by atoms with Crippen molar-refractivity contribution < 1.29 is 4.74 Å².